The van der Waals surface area contributed by atoms with E-state index < -0.39 is 0 Å². The first-order valence-electron chi connectivity index (χ1n) is 7.19. The fraction of sp³-hybridized carbons (Fsp3) is 0.188. The molecule has 0 fully saturated rings. The van der Waals surface area contributed by atoms with Crippen LogP contribution in [0.1, 0.15) is 5.56 Å². The van der Waals surface area contributed by atoms with Gasteiger partial charge in [-0.2, -0.15) is 0 Å². The van der Waals surface area contributed by atoms with E-state index >= 15 is 0 Å². The minimum absolute atomic E-state index is 0.101. The number of aromatic nitrogens is 3. The highest BCUT2D eigenvalue weighted by molar-refractivity contribution is 6.30. The lowest BCUT2D eigenvalue weighted by atomic mass is 10.1. The van der Waals surface area contributed by atoms with Crippen molar-refractivity contribution < 1.29 is 4.79 Å². The maximum absolute atomic E-state index is 12.1. The summed E-state index contributed by atoms with van der Waals surface area (Å²) in [7, 11) is 0. The SMILES string of the molecule is O=C(Cn1nc2ccccn2c1=O)NCCc1cccc(Cl)c1. The molecule has 0 spiro atoms. The molecule has 3 aromatic rings. The quantitative estimate of drug-likeness (QED) is 0.771. The van der Waals surface area contributed by atoms with E-state index in [1.54, 1.807) is 30.5 Å². The zero-order valence-electron chi connectivity index (χ0n) is 12.3. The molecular formula is C16H15ClN4O2. The largest absolute Gasteiger partial charge is 0.354 e. The number of benzene rings is 1. The van der Waals surface area contributed by atoms with Gasteiger partial charge in [0.15, 0.2) is 5.65 Å². The van der Waals surface area contributed by atoms with Crippen LogP contribution >= 0.6 is 11.6 Å². The van der Waals surface area contributed by atoms with Crippen LogP contribution in [0, 0.1) is 0 Å². The van der Waals surface area contributed by atoms with Gasteiger partial charge in [0, 0.05) is 17.8 Å². The predicted octanol–water partition coefficient (Wildman–Crippen LogP) is 1.51. The lowest BCUT2D eigenvalue weighted by Crippen LogP contribution is -2.33. The topological polar surface area (TPSA) is 68.4 Å². The number of nitrogens with one attached hydrogen (secondary N) is 1. The number of carbonyl (C=O) groups is 1. The van der Waals surface area contributed by atoms with Crippen LogP contribution in [0.4, 0.5) is 0 Å². The van der Waals surface area contributed by atoms with Crippen molar-refractivity contribution in [3.63, 3.8) is 0 Å². The summed E-state index contributed by atoms with van der Waals surface area (Å²) in [5, 5.41) is 7.57. The van der Waals surface area contributed by atoms with Crippen molar-refractivity contribution in [1.29, 1.82) is 0 Å². The van der Waals surface area contributed by atoms with Crippen molar-refractivity contribution >= 4 is 23.2 Å². The van der Waals surface area contributed by atoms with Crippen LogP contribution in [-0.2, 0) is 17.8 Å². The molecule has 0 saturated heterocycles. The molecule has 23 heavy (non-hydrogen) atoms. The van der Waals surface area contributed by atoms with Gasteiger partial charge in [-0.15, -0.1) is 5.10 Å². The van der Waals surface area contributed by atoms with E-state index in [1.807, 2.05) is 18.2 Å². The number of halogens is 1. The first-order valence-corrected chi connectivity index (χ1v) is 7.56. The number of nitrogens with zero attached hydrogens (tertiary/aromatic N) is 3. The molecule has 0 radical (unpaired) electrons. The number of carbonyl (C=O) groups excluding carboxylic acids is 1. The Hall–Kier alpha value is -2.60. The Morgan fingerprint density at radius 1 is 1.22 bits per heavy atom. The van der Waals surface area contributed by atoms with Gasteiger partial charge in [0.05, 0.1) is 0 Å². The van der Waals surface area contributed by atoms with E-state index in [1.165, 1.54) is 4.40 Å². The van der Waals surface area contributed by atoms with Crippen LogP contribution in [-0.4, -0.2) is 26.6 Å². The first-order chi connectivity index (χ1) is 11.1. The molecule has 6 nitrogen and oxygen atoms in total. The Labute approximate surface area is 137 Å². The third-order valence-corrected chi connectivity index (χ3v) is 3.64. The lowest BCUT2D eigenvalue weighted by molar-refractivity contribution is -0.121. The lowest BCUT2D eigenvalue weighted by Gasteiger charge is -2.05. The molecular weight excluding hydrogens is 316 g/mol. The van der Waals surface area contributed by atoms with Crippen molar-refractivity contribution in [1.82, 2.24) is 19.5 Å². The third-order valence-electron chi connectivity index (χ3n) is 3.41. The van der Waals surface area contributed by atoms with Crippen LogP contribution in [0.3, 0.4) is 0 Å². The summed E-state index contributed by atoms with van der Waals surface area (Å²) in [6.45, 7) is 0.372. The second kappa shape index (κ2) is 6.66. The van der Waals surface area contributed by atoms with Gasteiger partial charge >= 0.3 is 5.69 Å². The van der Waals surface area contributed by atoms with Crippen molar-refractivity contribution in [2.24, 2.45) is 0 Å². The minimum Gasteiger partial charge on any atom is -0.354 e. The van der Waals surface area contributed by atoms with E-state index in [2.05, 4.69) is 10.4 Å². The molecule has 0 atom stereocenters. The third kappa shape index (κ3) is 3.60. The van der Waals surface area contributed by atoms with E-state index in [-0.39, 0.29) is 18.1 Å². The van der Waals surface area contributed by atoms with Gasteiger partial charge < -0.3 is 5.32 Å². The molecule has 1 amide bonds. The van der Waals surface area contributed by atoms with Crippen molar-refractivity contribution in [2.75, 3.05) is 6.54 Å². The molecule has 1 aromatic carbocycles. The Morgan fingerprint density at radius 2 is 2.09 bits per heavy atom. The standard InChI is InChI=1S/C16H15ClN4O2/c17-13-5-3-4-12(10-13)7-8-18-15(22)11-21-16(23)20-9-2-1-6-14(20)19-21/h1-6,9-10H,7-8,11H2,(H,18,22). The maximum Gasteiger partial charge on any atom is 0.350 e. The summed E-state index contributed by atoms with van der Waals surface area (Å²) in [4.78, 5) is 24.0. The number of hydrogen-bond donors (Lipinski definition) is 1. The maximum atomic E-state index is 12.1. The Morgan fingerprint density at radius 3 is 2.87 bits per heavy atom. The average Bonchev–Trinajstić information content (AvgIpc) is 2.84. The minimum atomic E-state index is -0.328. The molecule has 0 aliphatic carbocycles. The van der Waals surface area contributed by atoms with Crippen molar-refractivity contribution in [2.45, 2.75) is 13.0 Å². The van der Waals surface area contributed by atoms with E-state index in [9.17, 15) is 9.59 Å². The fourth-order valence-corrected chi connectivity index (χ4v) is 2.51. The van der Waals surface area contributed by atoms with Gasteiger partial charge in [0.25, 0.3) is 0 Å². The van der Waals surface area contributed by atoms with Gasteiger partial charge in [-0.05, 0) is 36.2 Å². The van der Waals surface area contributed by atoms with Crippen LogP contribution in [0.25, 0.3) is 5.65 Å². The summed E-state index contributed by atoms with van der Waals surface area (Å²) in [6.07, 6.45) is 2.30. The molecule has 2 aromatic heterocycles. The highest BCUT2D eigenvalue weighted by Crippen LogP contribution is 2.10. The molecule has 1 N–H and O–H groups in total. The molecule has 0 unspecified atom stereocenters. The van der Waals surface area contributed by atoms with E-state index in [4.69, 9.17) is 11.6 Å². The molecule has 7 heteroatoms. The zero-order chi connectivity index (χ0) is 16.2. The van der Waals surface area contributed by atoms with Gasteiger partial charge in [0.2, 0.25) is 5.91 Å². The number of hydrogen-bond acceptors (Lipinski definition) is 3. The van der Waals surface area contributed by atoms with Crippen molar-refractivity contribution in [3.8, 4) is 0 Å². The van der Waals surface area contributed by atoms with Crippen molar-refractivity contribution in [3.05, 3.63) is 69.7 Å². The smallest absolute Gasteiger partial charge is 0.350 e. The van der Waals surface area contributed by atoms with E-state index in [0.717, 1.165) is 10.2 Å². The van der Waals surface area contributed by atoms with E-state index in [0.29, 0.717) is 23.6 Å². The number of pyridine rings is 1. The van der Waals surface area contributed by atoms with Crippen LogP contribution in [0.15, 0.2) is 53.5 Å². The monoisotopic (exact) mass is 330 g/mol. The number of amides is 1. The Balaban J connectivity index is 1.58. The van der Waals surface area contributed by atoms with Gasteiger partial charge in [-0.1, -0.05) is 29.8 Å². The Kier molecular flexibility index (Phi) is 4.43. The summed E-state index contributed by atoms with van der Waals surface area (Å²) in [5.41, 5.74) is 1.23. The zero-order valence-corrected chi connectivity index (χ0v) is 13.0. The second-order valence-corrected chi connectivity index (χ2v) is 5.54. The predicted molar refractivity (Wildman–Crippen MR) is 87.6 cm³/mol. The van der Waals surface area contributed by atoms with Crippen LogP contribution < -0.4 is 11.0 Å². The molecule has 0 aliphatic rings. The van der Waals surface area contributed by atoms with Gasteiger partial charge in [-0.3, -0.25) is 9.20 Å². The highest BCUT2D eigenvalue weighted by Gasteiger charge is 2.09. The highest BCUT2D eigenvalue weighted by atomic mass is 35.5. The summed E-state index contributed by atoms with van der Waals surface area (Å²) >= 11 is 5.91. The molecule has 2 heterocycles. The number of fused-ring (bicyclic) bond motifs is 1. The Bertz CT molecular complexity index is 900. The van der Waals surface area contributed by atoms with Crippen LogP contribution in [0.5, 0.6) is 0 Å². The molecule has 0 bridgehead atoms. The van der Waals surface area contributed by atoms with Crippen LogP contribution in [0.2, 0.25) is 5.02 Å². The summed E-state index contributed by atoms with van der Waals surface area (Å²) < 4.78 is 2.56. The number of rotatable bonds is 5. The molecule has 0 aliphatic heterocycles. The van der Waals surface area contributed by atoms with Gasteiger partial charge in [-0.25, -0.2) is 9.48 Å². The molecule has 118 valence electrons. The first kappa shape index (κ1) is 15.3. The fourth-order valence-electron chi connectivity index (χ4n) is 2.30. The molecule has 0 saturated carbocycles. The summed E-state index contributed by atoms with van der Waals surface area (Å²) in [5.74, 6) is -0.252. The average molecular weight is 331 g/mol. The normalized spacial score (nSPS) is 10.8. The molecule has 3 rings (SSSR count). The van der Waals surface area contributed by atoms with Gasteiger partial charge in [0.1, 0.15) is 6.54 Å². The second-order valence-electron chi connectivity index (χ2n) is 5.10. The summed E-state index contributed by atoms with van der Waals surface area (Å²) in [6, 6.07) is 12.7.